The average molecular weight is 452 g/mol. The fourth-order valence-corrected chi connectivity index (χ4v) is 3.53. The Labute approximate surface area is 188 Å². The summed E-state index contributed by atoms with van der Waals surface area (Å²) in [6.45, 7) is 0. The van der Waals surface area contributed by atoms with Crippen LogP contribution in [0.2, 0.25) is 0 Å². The summed E-state index contributed by atoms with van der Waals surface area (Å²) >= 11 is 1.66. The van der Waals surface area contributed by atoms with E-state index in [2.05, 4.69) is 56.3 Å². The molecule has 6 rings (SSSR count). The van der Waals surface area contributed by atoms with Crippen LogP contribution in [-0.4, -0.2) is 19.9 Å². The minimum absolute atomic E-state index is 0. The summed E-state index contributed by atoms with van der Waals surface area (Å²) in [5.74, 6) is 0. The smallest absolute Gasteiger partial charge is 0.0659 e. The van der Waals surface area contributed by atoms with E-state index in [1.165, 1.54) is 0 Å². The first-order chi connectivity index (χ1) is 14.3. The SMILES string of the molecule is C1=Cc2cc3ccc(cc4ccc(cc5nc(cc1n2)C=C5)[nH]4)[nH]3.[Co].[c-]1ccsc1. The molecule has 0 atom stereocenters. The van der Waals surface area contributed by atoms with Crippen LogP contribution in [0.15, 0.2) is 65.4 Å². The van der Waals surface area contributed by atoms with Gasteiger partial charge in [-0.15, -0.1) is 5.38 Å². The van der Waals surface area contributed by atoms with Crippen LogP contribution in [0, 0.1) is 6.07 Å². The molecule has 2 N–H and O–H groups in total. The number of rotatable bonds is 0. The van der Waals surface area contributed by atoms with Crippen LogP contribution in [0.4, 0.5) is 0 Å². The van der Waals surface area contributed by atoms with Crippen molar-refractivity contribution in [2.75, 3.05) is 0 Å². The van der Waals surface area contributed by atoms with Gasteiger partial charge in [-0.25, -0.2) is 22.1 Å². The van der Waals surface area contributed by atoms with Gasteiger partial charge in [-0.3, -0.25) is 11.3 Å². The van der Waals surface area contributed by atoms with Gasteiger partial charge in [0, 0.05) is 38.8 Å². The summed E-state index contributed by atoms with van der Waals surface area (Å²) in [5, 5.41) is 3.90. The molecule has 0 amide bonds. The van der Waals surface area contributed by atoms with Crippen molar-refractivity contribution in [3.8, 4) is 0 Å². The van der Waals surface area contributed by atoms with Crippen LogP contribution in [-0.2, 0) is 16.8 Å². The Morgan fingerprint density at radius 1 is 0.633 bits per heavy atom. The van der Waals surface area contributed by atoms with Crippen LogP contribution in [0.3, 0.4) is 0 Å². The normalized spacial score (nSPS) is 11.5. The maximum absolute atomic E-state index is 4.62. The number of hydrogen-bond acceptors (Lipinski definition) is 3. The number of aromatic amines is 2. The molecule has 8 bridgehead atoms. The molecule has 2 aliphatic heterocycles. The summed E-state index contributed by atoms with van der Waals surface area (Å²) < 4.78 is 0. The Morgan fingerprint density at radius 3 is 1.50 bits per heavy atom. The summed E-state index contributed by atoms with van der Waals surface area (Å²) in [5.41, 5.74) is 7.86. The van der Waals surface area contributed by atoms with Gasteiger partial charge in [-0.2, -0.15) is 5.38 Å². The molecule has 0 unspecified atom stereocenters. The van der Waals surface area contributed by atoms with Gasteiger partial charge in [0.2, 0.25) is 0 Å². The van der Waals surface area contributed by atoms with E-state index in [9.17, 15) is 0 Å². The number of fused-ring (bicyclic) bond motifs is 8. The molecule has 4 nitrogen and oxygen atoms in total. The van der Waals surface area contributed by atoms with Gasteiger partial charge in [0.1, 0.15) is 0 Å². The Bertz CT molecular complexity index is 1250. The van der Waals surface area contributed by atoms with Crippen LogP contribution in [0.5, 0.6) is 0 Å². The molecule has 0 fully saturated rings. The van der Waals surface area contributed by atoms with E-state index in [1.54, 1.807) is 11.3 Å². The number of nitrogens with zero attached hydrogens (tertiary/aromatic N) is 2. The van der Waals surface area contributed by atoms with Crippen LogP contribution >= 0.6 is 11.3 Å². The fraction of sp³-hybridized carbons (Fsp3) is 0. The number of nitrogens with one attached hydrogen (secondary N) is 2. The third-order valence-electron chi connectivity index (χ3n) is 4.42. The van der Waals surface area contributed by atoms with E-state index in [-0.39, 0.29) is 16.8 Å². The first kappa shape index (κ1) is 20.1. The third-order valence-corrected chi connectivity index (χ3v) is 4.99. The molecule has 4 aromatic rings. The van der Waals surface area contributed by atoms with Crippen molar-refractivity contribution in [3.05, 3.63) is 94.2 Å². The predicted octanol–water partition coefficient (Wildman–Crippen LogP) is 6.20. The monoisotopic (exact) mass is 452 g/mol. The van der Waals surface area contributed by atoms with E-state index in [0.717, 1.165) is 44.8 Å². The molecule has 6 heterocycles. The molecule has 4 aromatic heterocycles. The Balaban J connectivity index is 0.000000321. The van der Waals surface area contributed by atoms with Crippen LogP contribution in [0.1, 0.15) is 22.8 Å². The summed E-state index contributed by atoms with van der Waals surface area (Å²) in [7, 11) is 0. The largest absolute Gasteiger partial charge is 0.355 e. The maximum atomic E-state index is 4.62. The van der Waals surface area contributed by atoms with E-state index in [4.69, 9.17) is 0 Å². The zero-order valence-corrected chi connectivity index (χ0v) is 17.7. The molecule has 2 aliphatic rings. The summed E-state index contributed by atoms with van der Waals surface area (Å²) in [6.07, 6.45) is 8.05. The minimum atomic E-state index is 0. The number of thiophene rings is 1. The standard InChI is InChI=1S/C20H14N4.C4H3S.Co/c1-2-14-10-16-5-6-18(23-16)12-20-8-7-19(24-20)11-17-4-3-15(22-17)9-13(1)21-14;1-2-4-5-3-1;/h1-12,21-22H;1,3-4H;/q;-1;. The van der Waals surface area contributed by atoms with Crippen molar-refractivity contribution >= 4 is 57.7 Å². The van der Waals surface area contributed by atoms with Crippen LogP contribution in [0.25, 0.3) is 46.4 Å². The maximum Gasteiger partial charge on any atom is 0.0659 e. The molecule has 6 heteroatoms. The zero-order valence-electron chi connectivity index (χ0n) is 15.8. The molecule has 0 saturated heterocycles. The molecular formula is C24H17CoN4S-. The van der Waals surface area contributed by atoms with Gasteiger partial charge >= 0.3 is 0 Å². The van der Waals surface area contributed by atoms with Crippen molar-refractivity contribution in [3.63, 3.8) is 0 Å². The Morgan fingerprint density at radius 2 is 1.10 bits per heavy atom. The zero-order chi connectivity index (χ0) is 19.5. The predicted molar refractivity (Wildman–Crippen MR) is 122 cm³/mol. The second-order valence-electron chi connectivity index (χ2n) is 6.63. The molecule has 30 heavy (non-hydrogen) atoms. The van der Waals surface area contributed by atoms with E-state index in [1.807, 2.05) is 59.3 Å². The van der Waals surface area contributed by atoms with Gasteiger partial charge < -0.3 is 9.97 Å². The number of hydrogen-bond donors (Lipinski definition) is 2. The Hall–Kier alpha value is -3.19. The van der Waals surface area contributed by atoms with E-state index in [0.29, 0.717) is 0 Å². The van der Waals surface area contributed by atoms with Crippen molar-refractivity contribution in [2.45, 2.75) is 0 Å². The van der Waals surface area contributed by atoms with Crippen molar-refractivity contribution in [2.24, 2.45) is 0 Å². The van der Waals surface area contributed by atoms with Crippen molar-refractivity contribution < 1.29 is 16.8 Å². The Kier molecular flexibility index (Phi) is 6.09. The van der Waals surface area contributed by atoms with Gasteiger partial charge in [0.05, 0.1) is 22.8 Å². The van der Waals surface area contributed by atoms with E-state index < -0.39 is 0 Å². The average Bonchev–Trinajstić information content (AvgIpc) is 3.50. The van der Waals surface area contributed by atoms with Crippen LogP contribution < -0.4 is 0 Å². The number of aromatic nitrogens is 4. The van der Waals surface area contributed by atoms with Gasteiger partial charge in [0.25, 0.3) is 0 Å². The molecule has 0 aliphatic carbocycles. The summed E-state index contributed by atoms with van der Waals surface area (Å²) in [6, 6.07) is 21.2. The van der Waals surface area contributed by atoms with Gasteiger partial charge in [0.15, 0.2) is 0 Å². The second-order valence-corrected chi connectivity index (χ2v) is 7.41. The third kappa shape index (κ3) is 4.86. The molecule has 1 radical (unpaired) electrons. The molecule has 149 valence electrons. The first-order valence-corrected chi connectivity index (χ1v) is 10.2. The molecular weight excluding hydrogens is 435 g/mol. The topological polar surface area (TPSA) is 57.4 Å². The van der Waals surface area contributed by atoms with Crippen molar-refractivity contribution in [1.82, 2.24) is 19.9 Å². The van der Waals surface area contributed by atoms with E-state index >= 15 is 0 Å². The second kappa shape index (κ2) is 9.09. The molecule has 0 spiro atoms. The quantitative estimate of drug-likeness (QED) is 0.270. The fourth-order valence-electron chi connectivity index (χ4n) is 3.14. The first-order valence-electron chi connectivity index (χ1n) is 9.23. The van der Waals surface area contributed by atoms with Crippen molar-refractivity contribution in [1.29, 1.82) is 0 Å². The van der Waals surface area contributed by atoms with Gasteiger partial charge in [-0.05, 0) is 72.8 Å². The van der Waals surface area contributed by atoms with Gasteiger partial charge in [-0.1, -0.05) is 0 Å². The minimum Gasteiger partial charge on any atom is -0.355 e. The molecule has 0 saturated carbocycles. The number of H-pyrrole nitrogens is 2. The molecule has 0 aromatic carbocycles. The summed E-state index contributed by atoms with van der Waals surface area (Å²) in [4.78, 5) is 16.0.